The molecular formula is C33H31Cl2F2N7O4S. The van der Waals surface area contributed by atoms with Gasteiger partial charge in [-0.3, -0.25) is 14.0 Å². The second-order valence-electron chi connectivity index (χ2n) is 11.4. The molecule has 3 aromatic heterocycles. The Morgan fingerprint density at radius 3 is 2.31 bits per heavy atom. The van der Waals surface area contributed by atoms with Crippen molar-refractivity contribution in [3.05, 3.63) is 116 Å². The van der Waals surface area contributed by atoms with Crippen molar-refractivity contribution in [3.63, 3.8) is 0 Å². The molecule has 11 nitrogen and oxygen atoms in total. The molecule has 0 aliphatic carbocycles. The molecule has 3 aromatic carbocycles. The van der Waals surface area contributed by atoms with E-state index < -0.39 is 33.3 Å². The van der Waals surface area contributed by atoms with Crippen LogP contribution in [0.3, 0.4) is 0 Å². The van der Waals surface area contributed by atoms with Crippen LogP contribution < -0.4 is 20.3 Å². The van der Waals surface area contributed by atoms with Crippen LogP contribution in [0, 0.1) is 18.6 Å². The summed E-state index contributed by atoms with van der Waals surface area (Å²) in [6.07, 6.45) is 0.990. The summed E-state index contributed by atoms with van der Waals surface area (Å²) in [5, 5.41) is 5.22. The number of hydrogen-bond donors (Lipinski definition) is 1. The van der Waals surface area contributed by atoms with Crippen LogP contribution in [-0.4, -0.2) is 46.1 Å². The van der Waals surface area contributed by atoms with Gasteiger partial charge in [-0.05, 0) is 73.0 Å². The number of aromatic nitrogens is 5. The van der Waals surface area contributed by atoms with Gasteiger partial charge in [0.1, 0.15) is 23.2 Å². The highest BCUT2D eigenvalue weighted by atomic mass is 35.5. The molecule has 3 heterocycles. The summed E-state index contributed by atoms with van der Waals surface area (Å²) in [6, 6.07) is 15.3. The van der Waals surface area contributed by atoms with Crippen LogP contribution in [0.4, 0.5) is 14.6 Å². The van der Waals surface area contributed by atoms with E-state index in [1.807, 2.05) is 0 Å². The molecule has 256 valence electrons. The second kappa shape index (κ2) is 13.7. The molecule has 0 radical (unpaired) electrons. The lowest BCUT2D eigenvalue weighted by molar-refractivity contribution is 0.414. The number of fused-ring (bicyclic) bond motifs is 2. The van der Waals surface area contributed by atoms with Crippen molar-refractivity contribution in [2.24, 2.45) is 12.8 Å². The lowest BCUT2D eigenvalue weighted by atomic mass is 10.0. The monoisotopic (exact) mass is 729 g/mol. The highest BCUT2D eigenvalue weighted by Gasteiger charge is 2.29. The molecule has 0 fully saturated rings. The first-order valence-electron chi connectivity index (χ1n) is 14.6. The van der Waals surface area contributed by atoms with Crippen LogP contribution in [0.2, 0.25) is 5.02 Å². The van der Waals surface area contributed by atoms with E-state index in [1.54, 1.807) is 56.4 Å². The molecule has 0 amide bonds. The van der Waals surface area contributed by atoms with Crippen LogP contribution in [0.1, 0.15) is 28.7 Å². The summed E-state index contributed by atoms with van der Waals surface area (Å²) in [6.45, 7) is 1.68. The minimum absolute atomic E-state index is 0. The maximum absolute atomic E-state index is 14.3. The summed E-state index contributed by atoms with van der Waals surface area (Å²) in [5.41, 5.74) is 8.37. The average molecular weight is 731 g/mol. The Hall–Kier alpha value is -4.63. The molecule has 49 heavy (non-hydrogen) atoms. The van der Waals surface area contributed by atoms with E-state index in [2.05, 4.69) is 15.1 Å². The maximum Gasteiger partial charge on any atom is 0.267 e. The number of benzene rings is 3. The molecule has 0 spiro atoms. The molecule has 0 bridgehead atoms. The summed E-state index contributed by atoms with van der Waals surface area (Å²) in [4.78, 5) is 23.4. The van der Waals surface area contributed by atoms with Crippen molar-refractivity contribution < 1.29 is 21.9 Å². The summed E-state index contributed by atoms with van der Waals surface area (Å²) in [7, 11) is -0.782. The maximum atomic E-state index is 14.3. The number of hydrogen-bond acceptors (Lipinski definition) is 8. The Morgan fingerprint density at radius 2 is 1.67 bits per heavy atom. The smallest absolute Gasteiger partial charge is 0.267 e. The van der Waals surface area contributed by atoms with Gasteiger partial charge in [0.05, 0.1) is 53.0 Å². The van der Waals surface area contributed by atoms with Crippen molar-refractivity contribution in [2.45, 2.75) is 25.9 Å². The van der Waals surface area contributed by atoms with Crippen molar-refractivity contribution in [1.82, 2.24) is 24.3 Å². The van der Waals surface area contributed by atoms with Gasteiger partial charge in [0.2, 0.25) is 10.0 Å². The highest BCUT2D eigenvalue weighted by molar-refractivity contribution is 7.92. The fourth-order valence-electron chi connectivity index (χ4n) is 5.67. The van der Waals surface area contributed by atoms with Crippen LogP contribution in [0.5, 0.6) is 5.75 Å². The first-order valence-corrected chi connectivity index (χ1v) is 16.8. The van der Waals surface area contributed by atoms with E-state index >= 15 is 0 Å². The lowest BCUT2D eigenvalue weighted by Gasteiger charge is -2.21. The predicted octanol–water partition coefficient (Wildman–Crippen LogP) is 5.55. The average Bonchev–Trinajstić information content (AvgIpc) is 3.36. The van der Waals surface area contributed by atoms with E-state index in [-0.39, 0.29) is 69.7 Å². The second-order valence-corrected chi connectivity index (χ2v) is 13.7. The minimum Gasteiger partial charge on any atom is -0.497 e. The molecular weight excluding hydrogens is 699 g/mol. The third-order valence-corrected chi connectivity index (χ3v) is 9.29. The molecule has 6 aromatic rings. The molecule has 16 heteroatoms. The Labute approximate surface area is 291 Å². The molecule has 0 saturated carbocycles. The Kier molecular flexibility index (Phi) is 9.98. The van der Waals surface area contributed by atoms with E-state index in [4.69, 9.17) is 22.1 Å². The number of anilines is 1. The number of nitrogens with two attached hydrogens (primary N) is 1. The van der Waals surface area contributed by atoms with Gasteiger partial charge in [0, 0.05) is 18.8 Å². The van der Waals surface area contributed by atoms with E-state index in [9.17, 15) is 22.0 Å². The molecule has 0 aliphatic rings. The SMILES string of the molecule is COc1ccc(CN(c2nn(C)c3c(-n4c(C(N)Cc5cc(F)cc(F)c5)nc5nc(C)ccc5c4=O)ccc(Cl)c23)S(C)(=O)=O)cc1.Cl. The summed E-state index contributed by atoms with van der Waals surface area (Å²) in [5.74, 6) is -0.842. The zero-order chi connectivity index (χ0) is 34.5. The van der Waals surface area contributed by atoms with Gasteiger partial charge in [-0.15, -0.1) is 12.4 Å². The summed E-state index contributed by atoms with van der Waals surface area (Å²) < 4.78 is 63.7. The number of methoxy groups -OCH3 is 1. The molecule has 0 saturated heterocycles. The number of nitrogens with zero attached hydrogens (tertiary/aromatic N) is 6. The number of sulfonamides is 1. The number of halogens is 4. The third-order valence-electron chi connectivity index (χ3n) is 7.87. The van der Waals surface area contributed by atoms with E-state index in [0.29, 0.717) is 22.5 Å². The van der Waals surface area contributed by atoms with Crippen molar-refractivity contribution in [1.29, 1.82) is 0 Å². The van der Waals surface area contributed by atoms with Crippen LogP contribution in [-0.2, 0) is 30.0 Å². The van der Waals surface area contributed by atoms with Crippen molar-refractivity contribution in [2.75, 3.05) is 17.7 Å². The fraction of sp³-hybridized carbons (Fsp3) is 0.212. The van der Waals surface area contributed by atoms with Gasteiger partial charge in [-0.2, -0.15) is 5.10 Å². The molecule has 1 atom stereocenters. The Morgan fingerprint density at radius 1 is 1.00 bits per heavy atom. The largest absolute Gasteiger partial charge is 0.497 e. The topological polar surface area (TPSA) is 138 Å². The van der Waals surface area contributed by atoms with Crippen LogP contribution in [0.15, 0.2) is 71.5 Å². The Bertz CT molecular complexity index is 2370. The normalized spacial score (nSPS) is 12.2. The number of rotatable bonds is 9. The highest BCUT2D eigenvalue weighted by Crippen LogP contribution is 2.38. The zero-order valence-electron chi connectivity index (χ0n) is 26.7. The van der Waals surface area contributed by atoms with Gasteiger partial charge >= 0.3 is 0 Å². The van der Waals surface area contributed by atoms with Crippen LogP contribution >= 0.6 is 24.0 Å². The standard InChI is InChI=1S/C33H30ClF2N7O4S.ClH/c1-18-5-10-24-30(38-18)39-31(26(37)15-20-13-21(35)16-22(36)14-20)43(33(24)44)27-12-11-25(34)28-29(27)41(2)40-32(28)42(48(4,45)46)17-19-6-8-23(47-3)9-7-19;/h5-14,16,26H,15,17,37H2,1-4H3;1H. The van der Waals surface area contributed by atoms with Gasteiger partial charge in [-0.25, -0.2) is 31.5 Å². The minimum atomic E-state index is -3.91. The van der Waals surface area contributed by atoms with Crippen molar-refractivity contribution >= 4 is 61.8 Å². The molecule has 2 N–H and O–H groups in total. The van der Waals surface area contributed by atoms with Gasteiger partial charge in [0.15, 0.2) is 11.5 Å². The van der Waals surface area contributed by atoms with E-state index in [0.717, 1.165) is 28.8 Å². The quantitative estimate of drug-likeness (QED) is 0.205. The molecule has 0 aliphatic heterocycles. The number of aryl methyl sites for hydroxylation is 2. The lowest BCUT2D eigenvalue weighted by Crippen LogP contribution is -2.30. The fourth-order valence-corrected chi connectivity index (χ4v) is 6.74. The zero-order valence-corrected chi connectivity index (χ0v) is 29.1. The Balaban J connectivity index is 0.00000468. The predicted molar refractivity (Wildman–Crippen MR) is 187 cm³/mol. The first-order chi connectivity index (χ1) is 22.7. The van der Waals surface area contributed by atoms with Gasteiger partial charge in [-0.1, -0.05) is 23.7 Å². The molecule has 6 rings (SSSR count). The first kappa shape index (κ1) is 35.7. The van der Waals surface area contributed by atoms with E-state index in [1.165, 1.54) is 22.4 Å². The van der Waals surface area contributed by atoms with Crippen molar-refractivity contribution in [3.8, 4) is 11.4 Å². The summed E-state index contributed by atoms with van der Waals surface area (Å²) >= 11 is 6.76. The van der Waals surface area contributed by atoms with Gasteiger partial charge < -0.3 is 10.5 Å². The molecule has 1 unspecified atom stereocenters. The third kappa shape index (κ3) is 6.95. The number of ether oxygens (including phenoxy) is 1. The van der Waals surface area contributed by atoms with Gasteiger partial charge in [0.25, 0.3) is 5.56 Å². The van der Waals surface area contributed by atoms with Crippen LogP contribution in [0.25, 0.3) is 27.6 Å². The number of pyridine rings is 1.